The summed E-state index contributed by atoms with van der Waals surface area (Å²) in [7, 11) is -2.23. The van der Waals surface area contributed by atoms with E-state index in [4.69, 9.17) is 10.5 Å². The second-order valence-corrected chi connectivity index (χ2v) is 7.57. The Kier molecular flexibility index (Phi) is 3.59. The number of aliphatic hydroxyl groups is 1. The number of benzene rings is 1. The first kappa shape index (κ1) is 14.6. The maximum atomic E-state index is 13.0. The van der Waals surface area contributed by atoms with Gasteiger partial charge in [-0.1, -0.05) is 0 Å². The van der Waals surface area contributed by atoms with Gasteiger partial charge in [0, 0.05) is 17.8 Å². The highest BCUT2D eigenvalue weighted by Gasteiger charge is 2.47. The molecule has 2 atom stereocenters. The van der Waals surface area contributed by atoms with Crippen LogP contribution in [0.25, 0.3) is 0 Å². The molecule has 2 aliphatic heterocycles. The number of anilines is 1. The standard InChI is InChI=1S/C14H20N2O4S/c1-20-13-5-2-9(15)6-14(13)21(18,19)16-10-3-4-11(16)8-12(17)7-10/h2,5-6,10-12,17H,3-4,7-8,15H2,1H3. The van der Waals surface area contributed by atoms with Crippen LogP contribution in [0.1, 0.15) is 25.7 Å². The monoisotopic (exact) mass is 312 g/mol. The summed E-state index contributed by atoms with van der Waals surface area (Å²) in [5.74, 6) is 0.301. The third-order valence-electron chi connectivity index (χ3n) is 4.38. The van der Waals surface area contributed by atoms with Gasteiger partial charge in [0.25, 0.3) is 0 Å². The van der Waals surface area contributed by atoms with Crippen molar-refractivity contribution in [2.24, 2.45) is 0 Å². The van der Waals surface area contributed by atoms with Gasteiger partial charge >= 0.3 is 0 Å². The normalized spacial score (nSPS) is 29.5. The van der Waals surface area contributed by atoms with Crippen molar-refractivity contribution in [3.05, 3.63) is 18.2 Å². The Morgan fingerprint density at radius 1 is 1.29 bits per heavy atom. The fourth-order valence-electron chi connectivity index (χ4n) is 3.51. The number of sulfonamides is 1. The molecular weight excluding hydrogens is 292 g/mol. The number of ether oxygens (including phenoxy) is 1. The largest absolute Gasteiger partial charge is 0.495 e. The molecule has 116 valence electrons. The van der Waals surface area contributed by atoms with E-state index < -0.39 is 16.1 Å². The first-order chi connectivity index (χ1) is 9.93. The third-order valence-corrected chi connectivity index (χ3v) is 6.41. The molecule has 0 amide bonds. The van der Waals surface area contributed by atoms with Crippen molar-refractivity contribution in [1.29, 1.82) is 0 Å². The molecule has 0 spiro atoms. The van der Waals surface area contributed by atoms with Gasteiger partial charge in [-0.15, -0.1) is 0 Å². The van der Waals surface area contributed by atoms with Crippen LogP contribution in [-0.2, 0) is 10.0 Å². The number of nitrogens with two attached hydrogens (primary N) is 1. The number of rotatable bonds is 3. The second-order valence-electron chi connectivity index (χ2n) is 5.76. The average molecular weight is 312 g/mol. The molecule has 2 heterocycles. The summed E-state index contributed by atoms with van der Waals surface area (Å²) < 4.78 is 32.7. The van der Waals surface area contributed by atoms with E-state index >= 15 is 0 Å². The molecule has 2 fully saturated rings. The molecule has 6 nitrogen and oxygen atoms in total. The van der Waals surface area contributed by atoms with E-state index in [2.05, 4.69) is 0 Å². The first-order valence-electron chi connectivity index (χ1n) is 7.08. The first-order valence-corrected chi connectivity index (χ1v) is 8.52. The highest BCUT2D eigenvalue weighted by molar-refractivity contribution is 7.89. The van der Waals surface area contributed by atoms with Crippen LogP contribution in [0.2, 0.25) is 0 Å². The third kappa shape index (κ3) is 2.39. The van der Waals surface area contributed by atoms with Crippen LogP contribution < -0.4 is 10.5 Å². The van der Waals surface area contributed by atoms with Crippen LogP contribution >= 0.6 is 0 Å². The molecule has 2 saturated heterocycles. The number of hydrogen-bond donors (Lipinski definition) is 2. The number of nitrogens with zero attached hydrogens (tertiary/aromatic N) is 1. The maximum absolute atomic E-state index is 13.0. The smallest absolute Gasteiger partial charge is 0.247 e. The van der Waals surface area contributed by atoms with E-state index in [9.17, 15) is 13.5 Å². The topological polar surface area (TPSA) is 92.9 Å². The molecule has 2 unspecified atom stereocenters. The highest BCUT2D eigenvalue weighted by atomic mass is 32.2. The highest BCUT2D eigenvalue weighted by Crippen LogP contribution is 2.41. The van der Waals surface area contributed by atoms with Crippen molar-refractivity contribution < 1.29 is 18.3 Å². The molecule has 2 aliphatic rings. The Morgan fingerprint density at radius 3 is 2.48 bits per heavy atom. The van der Waals surface area contributed by atoms with Crippen molar-refractivity contribution in [3.8, 4) is 5.75 Å². The molecule has 2 bridgehead atoms. The second kappa shape index (κ2) is 5.15. The number of aliphatic hydroxyl groups excluding tert-OH is 1. The van der Waals surface area contributed by atoms with Gasteiger partial charge in [-0.05, 0) is 43.9 Å². The van der Waals surface area contributed by atoms with E-state index in [1.54, 1.807) is 16.4 Å². The zero-order valence-corrected chi connectivity index (χ0v) is 12.7. The molecule has 0 aromatic heterocycles. The summed E-state index contributed by atoms with van der Waals surface area (Å²) in [6.07, 6.45) is 2.19. The van der Waals surface area contributed by atoms with Gasteiger partial charge in [-0.2, -0.15) is 4.31 Å². The number of piperidine rings is 1. The molecule has 7 heteroatoms. The van der Waals surface area contributed by atoms with Gasteiger partial charge < -0.3 is 15.6 Å². The van der Waals surface area contributed by atoms with Crippen molar-refractivity contribution in [3.63, 3.8) is 0 Å². The summed E-state index contributed by atoms with van der Waals surface area (Å²) in [6, 6.07) is 4.37. The molecule has 3 N–H and O–H groups in total. The number of hydrogen-bond acceptors (Lipinski definition) is 5. The SMILES string of the molecule is COc1ccc(N)cc1S(=O)(=O)N1C2CCC1CC(O)C2. The maximum Gasteiger partial charge on any atom is 0.247 e. The number of methoxy groups -OCH3 is 1. The van der Waals surface area contributed by atoms with Crippen molar-refractivity contribution >= 4 is 15.7 Å². The Bertz CT molecular complexity index is 632. The van der Waals surface area contributed by atoms with E-state index in [0.717, 1.165) is 12.8 Å². The fraction of sp³-hybridized carbons (Fsp3) is 0.571. The lowest BCUT2D eigenvalue weighted by Crippen LogP contribution is -2.47. The van der Waals surface area contributed by atoms with Crippen molar-refractivity contribution in [2.75, 3.05) is 12.8 Å². The van der Waals surface area contributed by atoms with E-state index in [0.29, 0.717) is 24.3 Å². The molecule has 0 aliphatic carbocycles. The van der Waals surface area contributed by atoms with Crippen LogP contribution in [0.5, 0.6) is 5.75 Å². The minimum absolute atomic E-state index is 0.110. The molecular formula is C14H20N2O4S. The molecule has 0 radical (unpaired) electrons. The molecule has 0 saturated carbocycles. The Labute approximate surface area is 124 Å². The van der Waals surface area contributed by atoms with E-state index in [1.165, 1.54) is 13.2 Å². The van der Waals surface area contributed by atoms with Gasteiger partial charge in [0.05, 0.1) is 13.2 Å². The van der Waals surface area contributed by atoms with Crippen molar-refractivity contribution in [1.82, 2.24) is 4.31 Å². The predicted octanol–water partition coefficient (Wildman–Crippen LogP) is 0.954. The minimum atomic E-state index is -3.67. The summed E-state index contributed by atoms with van der Waals surface area (Å²) in [5.41, 5.74) is 6.12. The lowest BCUT2D eigenvalue weighted by Gasteiger charge is -2.36. The van der Waals surface area contributed by atoms with Crippen LogP contribution in [0.4, 0.5) is 5.69 Å². The quantitative estimate of drug-likeness (QED) is 0.811. The van der Waals surface area contributed by atoms with Crippen LogP contribution in [0, 0.1) is 0 Å². The lowest BCUT2D eigenvalue weighted by molar-refractivity contribution is 0.0768. The minimum Gasteiger partial charge on any atom is -0.495 e. The summed E-state index contributed by atoms with van der Waals surface area (Å²) >= 11 is 0. The van der Waals surface area contributed by atoms with Gasteiger partial charge in [0.1, 0.15) is 10.6 Å². The van der Waals surface area contributed by atoms with E-state index in [-0.39, 0.29) is 17.0 Å². The van der Waals surface area contributed by atoms with Crippen LogP contribution in [0.15, 0.2) is 23.1 Å². The van der Waals surface area contributed by atoms with Crippen LogP contribution in [0.3, 0.4) is 0 Å². The van der Waals surface area contributed by atoms with Gasteiger partial charge in [-0.25, -0.2) is 8.42 Å². The zero-order valence-electron chi connectivity index (χ0n) is 11.9. The Morgan fingerprint density at radius 2 is 1.90 bits per heavy atom. The molecule has 3 rings (SSSR count). The van der Waals surface area contributed by atoms with Crippen LogP contribution in [-0.4, -0.2) is 43.1 Å². The lowest BCUT2D eigenvalue weighted by atomic mass is 10.0. The Hall–Kier alpha value is -1.31. The predicted molar refractivity (Wildman–Crippen MR) is 78.5 cm³/mol. The van der Waals surface area contributed by atoms with Gasteiger partial charge in [-0.3, -0.25) is 0 Å². The zero-order chi connectivity index (χ0) is 15.2. The van der Waals surface area contributed by atoms with E-state index in [1.807, 2.05) is 0 Å². The molecule has 1 aromatic rings. The average Bonchev–Trinajstić information content (AvgIpc) is 2.72. The number of fused-ring (bicyclic) bond motifs is 2. The van der Waals surface area contributed by atoms with Crippen molar-refractivity contribution in [2.45, 2.75) is 48.8 Å². The fourth-order valence-corrected chi connectivity index (χ4v) is 5.59. The summed E-state index contributed by atoms with van der Waals surface area (Å²) in [6.45, 7) is 0. The van der Waals surface area contributed by atoms with Gasteiger partial charge in [0.15, 0.2) is 0 Å². The Balaban J connectivity index is 2.04. The summed E-state index contributed by atoms with van der Waals surface area (Å²) in [4.78, 5) is 0.110. The van der Waals surface area contributed by atoms with Gasteiger partial charge in [0.2, 0.25) is 10.0 Å². The number of nitrogen functional groups attached to an aromatic ring is 1. The molecule has 21 heavy (non-hydrogen) atoms. The summed E-state index contributed by atoms with van der Waals surface area (Å²) in [5, 5.41) is 9.82. The molecule has 1 aromatic carbocycles.